The minimum Gasteiger partial charge on any atom is -0.352 e. The first-order valence-electron chi connectivity index (χ1n) is 11.0. The van der Waals surface area contributed by atoms with Crippen molar-refractivity contribution in [3.05, 3.63) is 71.5 Å². The third-order valence-corrected chi connectivity index (χ3v) is 5.82. The molecular formula is C25H31FN2O2. The molecular weight excluding hydrogens is 379 g/mol. The first kappa shape index (κ1) is 22.0. The zero-order valence-electron chi connectivity index (χ0n) is 17.6. The Morgan fingerprint density at radius 2 is 1.70 bits per heavy atom. The van der Waals surface area contributed by atoms with E-state index in [0.717, 1.165) is 31.2 Å². The van der Waals surface area contributed by atoms with E-state index in [0.29, 0.717) is 12.0 Å². The second kappa shape index (κ2) is 10.9. The van der Waals surface area contributed by atoms with Gasteiger partial charge in [0.2, 0.25) is 11.8 Å². The molecule has 0 radical (unpaired) electrons. The molecule has 0 aliphatic heterocycles. The standard InChI is InChI=1S/C25H31FN2O2/c1-2-24(29)28(18-20-13-9-10-16-22(20)26)23(17-19-11-5-3-6-12-19)25(30)27-21-14-7-4-8-15-21/h3,5-6,9-13,16,21,23H,2,4,7-8,14-15,17-18H2,1H3,(H,27,30)/t23-/m1/s1. The van der Waals surface area contributed by atoms with Crippen LogP contribution >= 0.6 is 0 Å². The first-order chi connectivity index (χ1) is 14.6. The zero-order chi connectivity index (χ0) is 21.3. The highest BCUT2D eigenvalue weighted by atomic mass is 19.1. The lowest BCUT2D eigenvalue weighted by molar-refractivity contribution is -0.141. The van der Waals surface area contributed by atoms with Crippen molar-refractivity contribution in [3.63, 3.8) is 0 Å². The number of carbonyl (C=O) groups excluding carboxylic acids is 2. The van der Waals surface area contributed by atoms with Crippen LogP contribution in [0.3, 0.4) is 0 Å². The van der Waals surface area contributed by atoms with Crippen molar-refractivity contribution in [1.29, 1.82) is 0 Å². The highest BCUT2D eigenvalue weighted by Crippen LogP contribution is 2.20. The van der Waals surface area contributed by atoms with Crippen LogP contribution in [0.15, 0.2) is 54.6 Å². The van der Waals surface area contributed by atoms with Gasteiger partial charge in [-0.05, 0) is 24.5 Å². The Morgan fingerprint density at radius 1 is 1.03 bits per heavy atom. The van der Waals surface area contributed by atoms with Crippen LogP contribution in [0, 0.1) is 5.82 Å². The van der Waals surface area contributed by atoms with Gasteiger partial charge < -0.3 is 10.2 Å². The number of hydrogen-bond acceptors (Lipinski definition) is 2. The molecule has 160 valence electrons. The van der Waals surface area contributed by atoms with Crippen molar-refractivity contribution in [1.82, 2.24) is 10.2 Å². The molecule has 1 aliphatic carbocycles. The highest BCUT2D eigenvalue weighted by Gasteiger charge is 2.31. The normalized spacial score (nSPS) is 15.4. The number of nitrogens with one attached hydrogen (secondary N) is 1. The van der Waals surface area contributed by atoms with Gasteiger partial charge in [-0.1, -0.05) is 74.7 Å². The molecule has 0 heterocycles. The second-order valence-corrected chi connectivity index (χ2v) is 8.02. The number of nitrogens with zero attached hydrogens (tertiary/aromatic N) is 1. The minimum atomic E-state index is -0.679. The maximum Gasteiger partial charge on any atom is 0.243 e. The smallest absolute Gasteiger partial charge is 0.243 e. The molecule has 0 saturated heterocycles. The Balaban J connectivity index is 1.87. The average molecular weight is 411 g/mol. The summed E-state index contributed by atoms with van der Waals surface area (Å²) in [7, 11) is 0. The van der Waals surface area contributed by atoms with Crippen LogP contribution in [0.1, 0.15) is 56.6 Å². The fourth-order valence-electron chi connectivity index (χ4n) is 4.11. The molecule has 2 aromatic rings. The molecule has 4 nitrogen and oxygen atoms in total. The quantitative estimate of drug-likeness (QED) is 0.690. The second-order valence-electron chi connectivity index (χ2n) is 8.02. The van der Waals surface area contributed by atoms with Gasteiger partial charge in [0.25, 0.3) is 0 Å². The van der Waals surface area contributed by atoms with Crippen molar-refractivity contribution >= 4 is 11.8 Å². The Hall–Kier alpha value is -2.69. The lowest BCUT2D eigenvalue weighted by atomic mass is 9.94. The van der Waals surface area contributed by atoms with E-state index in [1.54, 1.807) is 30.0 Å². The van der Waals surface area contributed by atoms with Gasteiger partial charge in [0.15, 0.2) is 0 Å². The van der Waals surface area contributed by atoms with Gasteiger partial charge in [-0.25, -0.2) is 4.39 Å². The molecule has 1 aliphatic rings. The minimum absolute atomic E-state index is 0.0783. The zero-order valence-corrected chi connectivity index (χ0v) is 17.6. The molecule has 0 bridgehead atoms. The van der Waals surface area contributed by atoms with Gasteiger partial charge in [0.1, 0.15) is 11.9 Å². The Morgan fingerprint density at radius 3 is 2.37 bits per heavy atom. The maximum atomic E-state index is 14.3. The van der Waals surface area contributed by atoms with Crippen LogP contribution in [0.4, 0.5) is 4.39 Å². The number of benzene rings is 2. The van der Waals surface area contributed by atoms with E-state index < -0.39 is 6.04 Å². The number of amides is 2. The molecule has 5 heteroatoms. The molecule has 1 saturated carbocycles. The summed E-state index contributed by atoms with van der Waals surface area (Å²) in [4.78, 5) is 27.8. The van der Waals surface area contributed by atoms with E-state index in [2.05, 4.69) is 5.32 Å². The molecule has 2 amide bonds. The molecule has 1 N–H and O–H groups in total. The highest BCUT2D eigenvalue weighted by molar-refractivity contribution is 5.88. The van der Waals surface area contributed by atoms with Crippen LogP contribution < -0.4 is 5.32 Å². The van der Waals surface area contributed by atoms with Crippen LogP contribution in [0.25, 0.3) is 0 Å². The van der Waals surface area contributed by atoms with Crippen LogP contribution in [-0.2, 0) is 22.6 Å². The Kier molecular flexibility index (Phi) is 8.00. The molecule has 0 spiro atoms. The first-order valence-corrected chi connectivity index (χ1v) is 11.0. The van der Waals surface area contributed by atoms with Gasteiger partial charge in [-0.2, -0.15) is 0 Å². The van der Waals surface area contributed by atoms with Gasteiger partial charge in [-0.15, -0.1) is 0 Å². The summed E-state index contributed by atoms with van der Waals surface area (Å²) >= 11 is 0. The van der Waals surface area contributed by atoms with Crippen LogP contribution in [-0.4, -0.2) is 28.8 Å². The van der Waals surface area contributed by atoms with Crippen molar-refractivity contribution in [3.8, 4) is 0 Å². The number of carbonyl (C=O) groups is 2. The summed E-state index contributed by atoms with van der Waals surface area (Å²) < 4.78 is 14.3. The van der Waals surface area contributed by atoms with Crippen molar-refractivity contribution in [2.75, 3.05) is 0 Å². The molecule has 30 heavy (non-hydrogen) atoms. The number of rotatable bonds is 8. The Labute approximate surface area is 178 Å². The monoisotopic (exact) mass is 410 g/mol. The summed E-state index contributed by atoms with van der Waals surface area (Å²) in [5.74, 6) is -0.667. The summed E-state index contributed by atoms with van der Waals surface area (Å²) in [5, 5.41) is 3.17. The maximum absolute atomic E-state index is 14.3. The van der Waals surface area contributed by atoms with E-state index >= 15 is 0 Å². The van der Waals surface area contributed by atoms with Gasteiger partial charge in [0, 0.05) is 31.0 Å². The van der Waals surface area contributed by atoms with Gasteiger partial charge in [-0.3, -0.25) is 9.59 Å². The van der Waals surface area contributed by atoms with Gasteiger partial charge >= 0.3 is 0 Å². The fraction of sp³-hybridized carbons (Fsp3) is 0.440. The molecule has 0 unspecified atom stereocenters. The summed E-state index contributed by atoms with van der Waals surface area (Å²) in [6, 6.07) is 15.6. The number of hydrogen-bond donors (Lipinski definition) is 1. The van der Waals surface area contributed by atoms with Gasteiger partial charge in [0.05, 0.1) is 0 Å². The summed E-state index contributed by atoms with van der Waals surface area (Å²) in [6.45, 7) is 1.85. The largest absolute Gasteiger partial charge is 0.352 e. The van der Waals surface area contributed by atoms with E-state index in [1.807, 2.05) is 30.3 Å². The molecule has 3 rings (SSSR count). The molecule has 0 aromatic heterocycles. The summed E-state index contributed by atoms with van der Waals surface area (Å²) in [5.41, 5.74) is 1.39. The lowest BCUT2D eigenvalue weighted by Gasteiger charge is -2.33. The van der Waals surface area contributed by atoms with E-state index in [4.69, 9.17) is 0 Å². The average Bonchev–Trinajstić information content (AvgIpc) is 2.78. The molecule has 1 fully saturated rings. The van der Waals surface area contributed by atoms with Crippen LogP contribution in [0.2, 0.25) is 0 Å². The Bertz CT molecular complexity index is 834. The summed E-state index contributed by atoms with van der Waals surface area (Å²) in [6.07, 6.45) is 6.03. The predicted octanol–water partition coefficient (Wildman–Crippen LogP) is 4.62. The fourth-order valence-corrected chi connectivity index (χ4v) is 4.11. The van der Waals surface area contributed by atoms with E-state index in [-0.39, 0.29) is 36.6 Å². The van der Waals surface area contributed by atoms with Crippen molar-refractivity contribution in [2.24, 2.45) is 0 Å². The van der Waals surface area contributed by atoms with E-state index in [1.165, 1.54) is 12.5 Å². The SMILES string of the molecule is CCC(=O)N(Cc1ccccc1F)[C@H](Cc1ccccc1)C(=O)NC1CCCCC1. The van der Waals surface area contributed by atoms with E-state index in [9.17, 15) is 14.0 Å². The third-order valence-electron chi connectivity index (χ3n) is 5.82. The van der Waals surface area contributed by atoms with Crippen molar-refractivity contribution in [2.45, 2.75) is 70.5 Å². The van der Waals surface area contributed by atoms with Crippen molar-refractivity contribution < 1.29 is 14.0 Å². The van der Waals surface area contributed by atoms with Crippen LogP contribution in [0.5, 0.6) is 0 Å². The molecule has 2 aromatic carbocycles. The third kappa shape index (κ3) is 5.91. The predicted molar refractivity (Wildman–Crippen MR) is 116 cm³/mol. The topological polar surface area (TPSA) is 49.4 Å². The number of halogens is 1. The molecule has 1 atom stereocenters. The lowest BCUT2D eigenvalue weighted by Crippen LogP contribution is -2.52.